The van der Waals surface area contributed by atoms with E-state index in [0.29, 0.717) is 16.9 Å². The fourth-order valence-electron chi connectivity index (χ4n) is 1.69. The molecule has 0 aliphatic carbocycles. The molecule has 96 valence electrons. The van der Waals surface area contributed by atoms with Gasteiger partial charge in [0.25, 0.3) is 0 Å². The van der Waals surface area contributed by atoms with Gasteiger partial charge in [-0.3, -0.25) is 0 Å². The first-order valence-corrected chi connectivity index (χ1v) is 5.06. The Balaban J connectivity index is 3.38. The highest BCUT2D eigenvalue weighted by Crippen LogP contribution is 2.41. The molecule has 0 fully saturated rings. The van der Waals surface area contributed by atoms with Gasteiger partial charge >= 0.3 is 6.18 Å². The quantitative estimate of drug-likeness (QED) is 0.871. The van der Waals surface area contributed by atoms with Gasteiger partial charge < -0.3 is 9.84 Å². The maximum atomic E-state index is 12.7. The number of aliphatic hydroxyl groups is 1. The van der Waals surface area contributed by atoms with Gasteiger partial charge in [-0.1, -0.05) is 0 Å². The highest BCUT2D eigenvalue weighted by atomic mass is 19.4. The van der Waals surface area contributed by atoms with Crippen molar-refractivity contribution in [2.24, 2.45) is 0 Å². The van der Waals surface area contributed by atoms with Crippen molar-refractivity contribution in [3.05, 3.63) is 28.8 Å². The molecule has 0 aliphatic rings. The van der Waals surface area contributed by atoms with Gasteiger partial charge in [0.15, 0.2) is 5.60 Å². The third-order valence-electron chi connectivity index (χ3n) is 2.82. The molecule has 0 saturated carbocycles. The average molecular weight is 248 g/mol. The fourth-order valence-corrected chi connectivity index (χ4v) is 1.69. The number of benzene rings is 1. The topological polar surface area (TPSA) is 29.5 Å². The van der Waals surface area contributed by atoms with Gasteiger partial charge in [-0.05, 0) is 49.6 Å². The molecular formula is C12H15F3O2. The molecule has 17 heavy (non-hydrogen) atoms. The summed E-state index contributed by atoms with van der Waals surface area (Å²) in [5.41, 5.74) is -2.11. The van der Waals surface area contributed by atoms with Crippen LogP contribution in [0, 0.1) is 13.8 Å². The van der Waals surface area contributed by atoms with Crippen LogP contribution in [0.25, 0.3) is 0 Å². The third-order valence-corrected chi connectivity index (χ3v) is 2.82. The summed E-state index contributed by atoms with van der Waals surface area (Å²) >= 11 is 0. The number of ether oxygens (including phenoxy) is 1. The minimum Gasteiger partial charge on any atom is -0.496 e. The molecule has 0 spiro atoms. The first-order chi connectivity index (χ1) is 7.61. The predicted octanol–water partition coefficient (Wildman–Crippen LogP) is 3.08. The number of methoxy groups -OCH3 is 1. The highest BCUT2D eigenvalue weighted by Gasteiger charge is 2.51. The Morgan fingerprint density at radius 2 is 1.65 bits per heavy atom. The zero-order valence-corrected chi connectivity index (χ0v) is 10.1. The van der Waals surface area contributed by atoms with Crippen molar-refractivity contribution in [3.8, 4) is 5.75 Å². The van der Waals surface area contributed by atoms with Crippen LogP contribution in [0.3, 0.4) is 0 Å². The van der Waals surface area contributed by atoms with Crippen LogP contribution < -0.4 is 4.74 Å². The van der Waals surface area contributed by atoms with Crippen molar-refractivity contribution < 1.29 is 23.0 Å². The van der Waals surface area contributed by atoms with Crippen molar-refractivity contribution in [1.82, 2.24) is 0 Å². The second kappa shape index (κ2) is 4.22. The summed E-state index contributed by atoms with van der Waals surface area (Å²) in [5.74, 6) is 0.504. The normalized spacial score (nSPS) is 15.5. The summed E-state index contributed by atoms with van der Waals surface area (Å²) in [6, 6.07) is 2.80. The van der Waals surface area contributed by atoms with Crippen LogP contribution in [0.4, 0.5) is 13.2 Å². The lowest BCUT2D eigenvalue weighted by atomic mass is 9.89. The Morgan fingerprint density at radius 3 is 2.06 bits per heavy atom. The summed E-state index contributed by atoms with van der Waals surface area (Å²) in [6.45, 7) is 3.90. The summed E-state index contributed by atoms with van der Waals surface area (Å²) in [6.07, 6.45) is -4.71. The molecule has 0 aromatic heterocycles. The fraction of sp³-hybridized carbons (Fsp3) is 0.500. The first-order valence-electron chi connectivity index (χ1n) is 5.06. The number of rotatable bonds is 2. The second-order valence-electron chi connectivity index (χ2n) is 4.21. The van der Waals surface area contributed by atoms with E-state index in [1.54, 1.807) is 6.92 Å². The Labute approximate surface area is 98.0 Å². The van der Waals surface area contributed by atoms with Crippen LogP contribution in [-0.4, -0.2) is 18.4 Å². The molecule has 0 radical (unpaired) electrons. The molecule has 0 aliphatic heterocycles. The molecule has 0 bridgehead atoms. The molecule has 0 amide bonds. The Kier molecular flexibility index (Phi) is 3.43. The molecule has 1 aromatic carbocycles. The Bertz CT molecular complexity index is 422. The van der Waals surface area contributed by atoms with Crippen molar-refractivity contribution >= 4 is 0 Å². The maximum Gasteiger partial charge on any atom is 0.421 e. The van der Waals surface area contributed by atoms with Crippen molar-refractivity contribution in [2.75, 3.05) is 7.11 Å². The molecule has 1 rings (SSSR count). The molecule has 2 nitrogen and oxygen atoms in total. The summed E-state index contributed by atoms with van der Waals surface area (Å²) in [7, 11) is 1.45. The SMILES string of the molecule is COc1cc(C)c(C(C)(O)C(F)(F)F)cc1C. The van der Waals surface area contributed by atoms with Gasteiger partial charge in [-0.25, -0.2) is 0 Å². The number of hydrogen-bond donors (Lipinski definition) is 1. The van der Waals surface area contributed by atoms with E-state index in [1.165, 1.54) is 26.2 Å². The van der Waals surface area contributed by atoms with Gasteiger partial charge in [0.05, 0.1) is 7.11 Å². The largest absolute Gasteiger partial charge is 0.496 e. The summed E-state index contributed by atoms with van der Waals surface area (Å²) in [5, 5.41) is 9.63. The van der Waals surface area contributed by atoms with E-state index in [9.17, 15) is 18.3 Å². The van der Waals surface area contributed by atoms with Crippen LogP contribution in [-0.2, 0) is 5.60 Å². The number of alkyl halides is 3. The van der Waals surface area contributed by atoms with Gasteiger partial charge in [-0.15, -0.1) is 0 Å². The van der Waals surface area contributed by atoms with Crippen LogP contribution in [0.15, 0.2) is 12.1 Å². The lowest BCUT2D eigenvalue weighted by molar-refractivity contribution is -0.259. The third kappa shape index (κ3) is 2.39. The monoisotopic (exact) mass is 248 g/mol. The van der Waals surface area contributed by atoms with E-state index in [4.69, 9.17) is 4.74 Å². The number of halogens is 3. The lowest BCUT2D eigenvalue weighted by Crippen LogP contribution is -2.39. The molecule has 0 heterocycles. The van der Waals surface area contributed by atoms with Gasteiger partial charge in [-0.2, -0.15) is 13.2 Å². The molecule has 5 heteroatoms. The van der Waals surface area contributed by atoms with Crippen molar-refractivity contribution in [3.63, 3.8) is 0 Å². The number of aryl methyl sites for hydroxylation is 2. The van der Waals surface area contributed by atoms with E-state index in [1.807, 2.05) is 0 Å². The van der Waals surface area contributed by atoms with E-state index >= 15 is 0 Å². The molecule has 1 aromatic rings. The van der Waals surface area contributed by atoms with E-state index in [-0.39, 0.29) is 5.56 Å². The van der Waals surface area contributed by atoms with Crippen LogP contribution >= 0.6 is 0 Å². The van der Waals surface area contributed by atoms with Crippen LogP contribution in [0.1, 0.15) is 23.6 Å². The molecule has 1 unspecified atom stereocenters. The van der Waals surface area contributed by atoms with Crippen molar-refractivity contribution in [2.45, 2.75) is 32.5 Å². The second-order valence-corrected chi connectivity index (χ2v) is 4.21. The zero-order chi connectivity index (χ0) is 13.4. The first kappa shape index (κ1) is 13.8. The molecule has 1 N–H and O–H groups in total. The van der Waals surface area contributed by atoms with Gasteiger partial charge in [0, 0.05) is 0 Å². The molecular weight excluding hydrogens is 233 g/mol. The van der Waals surface area contributed by atoms with E-state index in [0.717, 1.165) is 6.92 Å². The van der Waals surface area contributed by atoms with Gasteiger partial charge in [0.2, 0.25) is 0 Å². The Morgan fingerprint density at radius 1 is 1.12 bits per heavy atom. The smallest absolute Gasteiger partial charge is 0.421 e. The average Bonchev–Trinajstić information content (AvgIpc) is 2.18. The van der Waals surface area contributed by atoms with E-state index in [2.05, 4.69) is 0 Å². The van der Waals surface area contributed by atoms with Crippen LogP contribution in [0.2, 0.25) is 0 Å². The maximum absolute atomic E-state index is 12.7. The lowest BCUT2D eigenvalue weighted by Gasteiger charge is -2.29. The molecule has 1 atom stereocenters. The highest BCUT2D eigenvalue weighted by molar-refractivity contribution is 5.44. The summed E-state index contributed by atoms with van der Waals surface area (Å²) in [4.78, 5) is 0. The Hall–Kier alpha value is -1.23. The van der Waals surface area contributed by atoms with E-state index < -0.39 is 11.8 Å². The summed E-state index contributed by atoms with van der Waals surface area (Å²) < 4.78 is 43.2. The minimum absolute atomic E-state index is 0.150. The van der Waals surface area contributed by atoms with Gasteiger partial charge in [0.1, 0.15) is 5.75 Å². The molecule has 0 saturated heterocycles. The zero-order valence-electron chi connectivity index (χ0n) is 10.1. The minimum atomic E-state index is -4.71. The standard InChI is InChI=1S/C12H15F3O2/c1-7-6-10(17-4)8(2)5-9(7)11(3,16)12(13,14)15/h5-6,16H,1-4H3. The van der Waals surface area contributed by atoms with Crippen LogP contribution in [0.5, 0.6) is 5.75 Å². The van der Waals surface area contributed by atoms with Crippen molar-refractivity contribution in [1.29, 1.82) is 0 Å². The number of hydrogen-bond acceptors (Lipinski definition) is 2. The predicted molar refractivity (Wildman–Crippen MR) is 58.1 cm³/mol.